The van der Waals surface area contributed by atoms with Gasteiger partial charge < -0.3 is 14.6 Å². The Bertz CT molecular complexity index is 1020. The van der Waals surface area contributed by atoms with E-state index in [4.69, 9.17) is 4.42 Å². The van der Waals surface area contributed by atoms with Crippen molar-refractivity contribution < 1.29 is 14.0 Å². The second-order valence-electron chi connectivity index (χ2n) is 7.38. The molecule has 3 heterocycles. The number of piperidine rings is 1. The Kier molecular flexibility index (Phi) is 4.86. The van der Waals surface area contributed by atoms with E-state index in [0.717, 1.165) is 35.0 Å². The molecule has 0 saturated carbocycles. The Morgan fingerprint density at radius 2 is 1.93 bits per heavy atom. The highest BCUT2D eigenvalue weighted by Crippen LogP contribution is 2.21. The van der Waals surface area contributed by atoms with Crippen LogP contribution in [0.15, 0.2) is 47.3 Å². The molecule has 1 aliphatic rings. The van der Waals surface area contributed by atoms with Gasteiger partial charge in [0, 0.05) is 30.2 Å². The molecule has 3 aromatic rings. The van der Waals surface area contributed by atoms with Gasteiger partial charge in [-0.15, -0.1) is 0 Å². The molecular formula is C22H23N3O3. The van der Waals surface area contributed by atoms with Gasteiger partial charge >= 0.3 is 0 Å². The fourth-order valence-corrected chi connectivity index (χ4v) is 3.72. The highest BCUT2D eigenvalue weighted by Gasteiger charge is 2.25. The van der Waals surface area contributed by atoms with Crippen molar-refractivity contribution in [1.29, 1.82) is 0 Å². The maximum Gasteiger partial charge on any atom is 0.257 e. The van der Waals surface area contributed by atoms with E-state index in [1.54, 1.807) is 6.07 Å². The number of carbonyl (C=O) groups is 2. The summed E-state index contributed by atoms with van der Waals surface area (Å²) < 4.78 is 4.99. The molecule has 1 saturated heterocycles. The Morgan fingerprint density at radius 1 is 1.14 bits per heavy atom. The Morgan fingerprint density at radius 3 is 2.64 bits per heavy atom. The van der Waals surface area contributed by atoms with E-state index in [-0.39, 0.29) is 17.9 Å². The molecule has 4 rings (SSSR count). The summed E-state index contributed by atoms with van der Waals surface area (Å²) in [5, 5.41) is 4.02. The SMILES string of the molecule is Cc1ccc2nc(C)cc(C(=O)NC3CCN(C(=O)c4ccoc4)CC3)c2c1. The quantitative estimate of drug-likeness (QED) is 0.758. The lowest BCUT2D eigenvalue weighted by Gasteiger charge is -2.32. The van der Waals surface area contributed by atoms with Crippen molar-refractivity contribution >= 4 is 22.7 Å². The van der Waals surface area contributed by atoms with E-state index >= 15 is 0 Å². The molecule has 0 spiro atoms. The maximum atomic E-state index is 13.0. The molecule has 1 aromatic carbocycles. The predicted octanol–water partition coefficient (Wildman–Crippen LogP) is 3.48. The lowest BCUT2D eigenvalue weighted by molar-refractivity contribution is 0.0697. The first-order chi connectivity index (χ1) is 13.5. The van der Waals surface area contributed by atoms with Gasteiger partial charge in [-0.3, -0.25) is 14.6 Å². The molecular weight excluding hydrogens is 354 g/mol. The van der Waals surface area contributed by atoms with E-state index in [1.807, 2.05) is 43.0 Å². The molecule has 144 valence electrons. The summed E-state index contributed by atoms with van der Waals surface area (Å²) in [5.74, 6) is -0.106. The van der Waals surface area contributed by atoms with Gasteiger partial charge in [0.15, 0.2) is 0 Å². The van der Waals surface area contributed by atoms with Gasteiger partial charge in [0.1, 0.15) is 6.26 Å². The number of furan rings is 1. The molecule has 6 heteroatoms. The fourth-order valence-electron chi connectivity index (χ4n) is 3.72. The van der Waals surface area contributed by atoms with Crippen molar-refractivity contribution in [3.8, 4) is 0 Å². The number of nitrogens with zero attached hydrogens (tertiary/aromatic N) is 2. The van der Waals surface area contributed by atoms with Crippen molar-refractivity contribution in [3.63, 3.8) is 0 Å². The topological polar surface area (TPSA) is 75.4 Å². The third-order valence-electron chi connectivity index (χ3n) is 5.22. The van der Waals surface area contributed by atoms with E-state index in [0.29, 0.717) is 24.2 Å². The van der Waals surface area contributed by atoms with Crippen molar-refractivity contribution in [1.82, 2.24) is 15.2 Å². The lowest BCUT2D eigenvalue weighted by atomic mass is 10.0. The minimum absolute atomic E-state index is 0.0234. The number of likely N-dealkylation sites (tertiary alicyclic amines) is 1. The van der Waals surface area contributed by atoms with E-state index in [9.17, 15) is 9.59 Å². The number of aryl methyl sites for hydroxylation is 2. The zero-order valence-electron chi connectivity index (χ0n) is 16.1. The molecule has 28 heavy (non-hydrogen) atoms. The third kappa shape index (κ3) is 3.63. The van der Waals surface area contributed by atoms with Gasteiger partial charge in [-0.25, -0.2) is 0 Å². The van der Waals surface area contributed by atoms with Crippen LogP contribution in [0, 0.1) is 13.8 Å². The molecule has 0 radical (unpaired) electrons. The number of pyridine rings is 1. The maximum absolute atomic E-state index is 13.0. The highest BCUT2D eigenvalue weighted by molar-refractivity contribution is 6.06. The van der Waals surface area contributed by atoms with Gasteiger partial charge in [0.25, 0.3) is 11.8 Å². The summed E-state index contributed by atoms with van der Waals surface area (Å²) in [4.78, 5) is 31.7. The minimum Gasteiger partial charge on any atom is -0.472 e. The summed E-state index contributed by atoms with van der Waals surface area (Å²) in [6.07, 6.45) is 4.44. The average Bonchev–Trinajstić information content (AvgIpc) is 3.22. The number of nitrogens with one attached hydrogen (secondary N) is 1. The number of amides is 2. The smallest absolute Gasteiger partial charge is 0.257 e. The van der Waals surface area contributed by atoms with Crippen LogP contribution in [0.1, 0.15) is 44.8 Å². The van der Waals surface area contributed by atoms with Crippen LogP contribution >= 0.6 is 0 Å². The zero-order valence-corrected chi connectivity index (χ0v) is 16.1. The second kappa shape index (κ2) is 7.46. The van der Waals surface area contributed by atoms with Gasteiger partial charge in [0.05, 0.1) is 22.9 Å². The standard InChI is InChI=1S/C22H23N3O3/c1-14-3-4-20-18(11-14)19(12-15(2)23-20)21(26)24-17-5-8-25(9-6-17)22(27)16-7-10-28-13-16/h3-4,7,10-13,17H,5-6,8-9H2,1-2H3,(H,24,26). The van der Waals surface area contributed by atoms with Crippen LogP contribution in [0.5, 0.6) is 0 Å². The monoisotopic (exact) mass is 377 g/mol. The highest BCUT2D eigenvalue weighted by atomic mass is 16.3. The first kappa shape index (κ1) is 18.2. The molecule has 0 unspecified atom stereocenters. The number of rotatable bonds is 3. The molecule has 1 aliphatic heterocycles. The molecule has 6 nitrogen and oxygen atoms in total. The first-order valence-electron chi connectivity index (χ1n) is 9.51. The lowest BCUT2D eigenvalue weighted by Crippen LogP contribution is -2.46. The van der Waals surface area contributed by atoms with Gasteiger partial charge in [0.2, 0.25) is 0 Å². The number of carbonyl (C=O) groups excluding carboxylic acids is 2. The fraction of sp³-hybridized carbons (Fsp3) is 0.318. The number of hydrogen-bond donors (Lipinski definition) is 1. The van der Waals surface area contributed by atoms with Gasteiger partial charge in [-0.05, 0) is 51.0 Å². The van der Waals surface area contributed by atoms with E-state index in [1.165, 1.54) is 12.5 Å². The molecule has 0 aliphatic carbocycles. The van der Waals surface area contributed by atoms with Crippen LogP contribution in [0.25, 0.3) is 10.9 Å². The van der Waals surface area contributed by atoms with Crippen LogP contribution in [-0.4, -0.2) is 40.8 Å². The average molecular weight is 377 g/mol. The van der Waals surface area contributed by atoms with Crippen LogP contribution in [0.4, 0.5) is 0 Å². The van der Waals surface area contributed by atoms with Crippen molar-refractivity contribution in [2.24, 2.45) is 0 Å². The number of benzene rings is 1. The van der Waals surface area contributed by atoms with Crippen LogP contribution in [-0.2, 0) is 0 Å². The molecule has 0 atom stereocenters. The minimum atomic E-state index is -0.0827. The number of aromatic nitrogens is 1. The molecule has 1 N–H and O–H groups in total. The van der Waals surface area contributed by atoms with Crippen molar-refractivity contribution in [2.45, 2.75) is 32.7 Å². The predicted molar refractivity (Wildman–Crippen MR) is 106 cm³/mol. The second-order valence-corrected chi connectivity index (χ2v) is 7.38. The molecule has 2 aromatic heterocycles. The first-order valence-corrected chi connectivity index (χ1v) is 9.51. The molecule has 2 amide bonds. The van der Waals surface area contributed by atoms with Crippen molar-refractivity contribution in [2.75, 3.05) is 13.1 Å². The summed E-state index contributed by atoms with van der Waals surface area (Å²) in [7, 11) is 0. The van der Waals surface area contributed by atoms with E-state index in [2.05, 4.69) is 10.3 Å². The Balaban J connectivity index is 1.45. The van der Waals surface area contributed by atoms with Crippen LogP contribution < -0.4 is 5.32 Å². The Labute approximate surface area is 163 Å². The van der Waals surface area contributed by atoms with Crippen molar-refractivity contribution in [3.05, 3.63) is 65.2 Å². The molecule has 1 fully saturated rings. The number of hydrogen-bond acceptors (Lipinski definition) is 4. The summed E-state index contributed by atoms with van der Waals surface area (Å²) >= 11 is 0. The Hall–Kier alpha value is -3.15. The van der Waals surface area contributed by atoms with Gasteiger partial charge in [-0.2, -0.15) is 0 Å². The van der Waals surface area contributed by atoms with Crippen LogP contribution in [0.3, 0.4) is 0 Å². The van der Waals surface area contributed by atoms with Gasteiger partial charge in [-0.1, -0.05) is 11.6 Å². The van der Waals surface area contributed by atoms with E-state index < -0.39 is 0 Å². The summed E-state index contributed by atoms with van der Waals surface area (Å²) in [6, 6.07) is 9.53. The zero-order chi connectivity index (χ0) is 19.7. The third-order valence-corrected chi connectivity index (χ3v) is 5.22. The van der Waals surface area contributed by atoms with Crippen LogP contribution in [0.2, 0.25) is 0 Å². The largest absolute Gasteiger partial charge is 0.472 e. The molecule has 0 bridgehead atoms. The summed E-state index contributed by atoms with van der Waals surface area (Å²) in [6.45, 7) is 5.14. The normalized spacial score (nSPS) is 15.0. The summed E-state index contributed by atoms with van der Waals surface area (Å²) in [5.41, 5.74) is 3.97. The number of fused-ring (bicyclic) bond motifs is 1.